The third-order valence-corrected chi connectivity index (χ3v) is 6.36. The van der Waals surface area contributed by atoms with Crippen molar-refractivity contribution < 1.29 is 9.53 Å². The summed E-state index contributed by atoms with van der Waals surface area (Å²) >= 11 is 0. The second-order valence-corrected chi connectivity index (χ2v) is 8.16. The fourth-order valence-electron chi connectivity index (χ4n) is 5.92. The summed E-state index contributed by atoms with van der Waals surface area (Å²) in [5, 5.41) is 3.24. The highest BCUT2D eigenvalue weighted by Gasteiger charge is 2.54. The number of amides is 1. The first-order chi connectivity index (χ1) is 11.1. The Kier molecular flexibility index (Phi) is 3.82. The molecule has 124 valence electrons. The molecule has 1 amide bonds. The predicted molar refractivity (Wildman–Crippen MR) is 90.1 cm³/mol. The minimum atomic E-state index is 0.0717. The van der Waals surface area contributed by atoms with Gasteiger partial charge in [-0.1, -0.05) is 18.2 Å². The Bertz CT molecular complexity index is 533. The summed E-state index contributed by atoms with van der Waals surface area (Å²) in [6, 6.07) is 10.1. The molecule has 0 saturated heterocycles. The van der Waals surface area contributed by atoms with Crippen LogP contribution in [0.2, 0.25) is 0 Å². The zero-order valence-electron chi connectivity index (χ0n) is 14.0. The van der Waals surface area contributed by atoms with Crippen molar-refractivity contribution >= 4 is 5.91 Å². The first-order valence-corrected chi connectivity index (χ1v) is 9.08. The van der Waals surface area contributed by atoms with E-state index in [1.165, 1.54) is 38.5 Å². The molecule has 0 unspecified atom stereocenters. The maximum absolute atomic E-state index is 11.8. The van der Waals surface area contributed by atoms with Crippen LogP contribution >= 0.6 is 0 Å². The van der Waals surface area contributed by atoms with E-state index in [4.69, 9.17) is 4.74 Å². The van der Waals surface area contributed by atoms with Gasteiger partial charge in [0.1, 0.15) is 12.4 Å². The summed E-state index contributed by atoms with van der Waals surface area (Å²) in [4.78, 5) is 11.8. The Morgan fingerprint density at radius 1 is 1.13 bits per heavy atom. The van der Waals surface area contributed by atoms with Gasteiger partial charge in [0.15, 0.2) is 0 Å². The summed E-state index contributed by atoms with van der Waals surface area (Å²) < 4.78 is 6.04. The summed E-state index contributed by atoms with van der Waals surface area (Å²) in [5.41, 5.74) is 0.273. The highest BCUT2D eigenvalue weighted by molar-refractivity contribution is 5.73. The molecule has 0 aromatic heterocycles. The molecule has 3 heteroatoms. The van der Waals surface area contributed by atoms with Crippen LogP contribution in [0.5, 0.6) is 5.75 Å². The first-order valence-electron chi connectivity index (χ1n) is 9.08. The molecule has 0 heterocycles. The standard InChI is InChI=1S/C20H27NO2/c1-14(22)21-19(13-23-18-5-3-2-4-6-18)20-10-15-7-16(11-20)9-17(8-15)12-20/h2-6,15-17,19H,7-13H2,1H3,(H,21,22)/t15?,16?,17?,19-,20?/m0/s1. The molecule has 1 aromatic rings. The second-order valence-electron chi connectivity index (χ2n) is 8.16. The van der Waals surface area contributed by atoms with Gasteiger partial charge >= 0.3 is 0 Å². The number of carbonyl (C=O) groups is 1. The highest BCUT2D eigenvalue weighted by atomic mass is 16.5. The Labute approximate surface area is 138 Å². The van der Waals surface area contributed by atoms with Gasteiger partial charge in [0.25, 0.3) is 0 Å². The predicted octanol–water partition coefficient (Wildman–Crippen LogP) is 3.79. The molecule has 3 nitrogen and oxygen atoms in total. The van der Waals surface area contributed by atoms with Gasteiger partial charge in [-0.25, -0.2) is 0 Å². The second kappa shape index (κ2) is 5.85. The molecule has 4 saturated carbocycles. The van der Waals surface area contributed by atoms with E-state index in [1.54, 1.807) is 6.92 Å². The van der Waals surface area contributed by atoms with E-state index in [2.05, 4.69) is 5.32 Å². The van der Waals surface area contributed by atoms with E-state index < -0.39 is 0 Å². The maximum Gasteiger partial charge on any atom is 0.217 e. The smallest absolute Gasteiger partial charge is 0.217 e. The summed E-state index contributed by atoms with van der Waals surface area (Å²) in [7, 11) is 0. The van der Waals surface area contributed by atoms with Crippen LogP contribution in [0, 0.1) is 23.2 Å². The topological polar surface area (TPSA) is 38.3 Å². The quantitative estimate of drug-likeness (QED) is 0.898. The Balaban J connectivity index is 1.52. The molecule has 4 bridgehead atoms. The van der Waals surface area contributed by atoms with Gasteiger partial charge in [-0.3, -0.25) is 4.79 Å². The van der Waals surface area contributed by atoms with Gasteiger partial charge in [0, 0.05) is 6.92 Å². The van der Waals surface area contributed by atoms with Crippen molar-refractivity contribution in [1.29, 1.82) is 0 Å². The van der Waals surface area contributed by atoms with Crippen LogP contribution in [0.4, 0.5) is 0 Å². The molecule has 0 spiro atoms. The SMILES string of the molecule is CC(=O)N[C@@H](COc1ccccc1)C12CC3CC(CC(C3)C1)C2. The van der Waals surface area contributed by atoms with E-state index in [-0.39, 0.29) is 17.4 Å². The fraction of sp³-hybridized carbons (Fsp3) is 0.650. The third kappa shape index (κ3) is 2.98. The number of ether oxygens (including phenoxy) is 1. The third-order valence-electron chi connectivity index (χ3n) is 6.36. The minimum Gasteiger partial charge on any atom is -0.491 e. The molecule has 1 aromatic carbocycles. The molecule has 1 atom stereocenters. The van der Waals surface area contributed by atoms with E-state index in [9.17, 15) is 4.79 Å². The van der Waals surface area contributed by atoms with Crippen LogP contribution < -0.4 is 10.1 Å². The average molecular weight is 313 g/mol. The van der Waals surface area contributed by atoms with Gasteiger partial charge < -0.3 is 10.1 Å². The number of carbonyl (C=O) groups excluding carboxylic acids is 1. The molecule has 23 heavy (non-hydrogen) atoms. The van der Waals surface area contributed by atoms with Crippen molar-refractivity contribution in [2.24, 2.45) is 23.2 Å². The normalized spacial score (nSPS) is 35.8. The van der Waals surface area contributed by atoms with Crippen LogP contribution in [0.15, 0.2) is 30.3 Å². The number of benzene rings is 1. The summed E-state index contributed by atoms with van der Waals surface area (Å²) in [6.07, 6.45) is 8.11. The maximum atomic E-state index is 11.8. The van der Waals surface area contributed by atoms with Crippen molar-refractivity contribution in [2.75, 3.05) is 6.61 Å². The number of para-hydroxylation sites is 1. The van der Waals surface area contributed by atoms with E-state index in [0.717, 1.165) is 23.5 Å². The summed E-state index contributed by atoms with van der Waals surface area (Å²) in [5.74, 6) is 3.62. The van der Waals surface area contributed by atoms with Crippen LogP contribution in [0.3, 0.4) is 0 Å². The van der Waals surface area contributed by atoms with E-state index in [1.807, 2.05) is 30.3 Å². The highest BCUT2D eigenvalue weighted by Crippen LogP contribution is 2.61. The Hall–Kier alpha value is -1.51. The summed E-state index contributed by atoms with van der Waals surface area (Å²) in [6.45, 7) is 2.23. The van der Waals surface area contributed by atoms with Crippen molar-refractivity contribution in [3.8, 4) is 5.75 Å². The van der Waals surface area contributed by atoms with Crippen molar-refractivity contribution in [3.05, 3.63) is 30.3 Å². The number of nitrogens with one attached hydrogen (secondary N) is 1. The molecule has 4 aliphatic carbocycles. The van der Waals surface area contributed by atoms with Crippen molar-refractivity contribution in [3.63, 3.8) is 0 Å². The van der Waals surface area contributed by atoms with Gasteiger partial charge in [-0.05, 0) is 73.8 Å². The van der Waals surface area contributed by atoms with E-state index >= 15 is 0 Å². The van der Waals surface area contributed by atoms with Crippen LogP contribution in [-0.2, 0) is 4.79 Å². The van der Waals surface area contributed by atoms with Gasteiger partial charge in [-0.2, -0.15) is 0 Å². The fourth-order valence-corrected chi connectivity index (χ4v) is 5.92. The lowest BCUT2D eigenvalue weighted by atomic mass is 9.47. The van der Waals surface area contributed by atoms with Gasteiger partial charge in [0.05, 0.1) is 6.04 Å². The van der Waals surface area contributed by atoms with Gasteiger partial charge in [0.2, 0.25) is 5.91 Å². The molecule has 5 rings (SSSR count). The van der Waals surface area contributed by atoms with Crippen LogP contribution in [0.25, 0.3) is 0 Å². The average Bonchev–Trinajstić information content (AvgIpc) is 2.50. The number of hydrogen-bond acceptors (Lipinski definition) is 2. The van der Waals surface area contributed by atoms with Crippen molar-refractivity contribution in [1.82, 2.24) is 5.32 Å². The monoisotopic (exact) mass is 313 g/mol. The molecular weight excluding hydrogens is 286 g/mol. The number of hydrogen-bond donors (Lipinski definition) is 1. The van der Waals surface area contributed by atoms with Crippen molar-refractivity contribution in [2.45, 2.75) is 51.5 Å². The molecule has 4 aliphatic rings. The lowest BCUT2D eigenvalue weighted by Crippen LogP contribution is -2.58. The lowest BCUT2D eigenvalue weighted by molar-refractivity contribution is -0.125. The molecular formula is C20H27NO2. The Morgan fingerprint density at radius 2 is 1.70 bits per heavy atom. The molecule has 1 N–H and O–H groups in total. The van der Waals surface area contributed by atoms with Crippen LogP contribution in [-0.4, -0.2) is 18.6 Å². The lowest BCUT2D eigenvalue weighted by Gasteiger charge is -2.59. The number of rotatable bonds is 5. The molecule has 4 fully saturated rings. The zero-order valence-corrected chi connectivity index (χ0v) is 14.0. The Morgan fingerprint density at radius 3 is 2.22 bits per heavy atom. The first kappa shape index (κ1) is 15.0. The molecule has 0 aliphatic heterocycles. The zero-order chi connectivity index (χ0) is 15.9. The van der Waals surface area contributed by atoms with Gasteiger partial charge in [-0.15, -0.1) is 0 Å². The largest absolute Gasteiger partial charge is 0.491 e. The minimum absolute atomic E-state index is 0.0717. The van der Waals surface area contributed by atoms with E-state index in [0.29, 0.717) is 6.61 Å². The van der Waals surface area contributed by atoms with Crippen LogP contribution in [0.1, 0.15) is 45.4 Å². The molecule has 0 radical (unpaired) electrons.